The Hall–Kier alpha value is -1.27. The lowest BCUT2D eigenvalue weighted by Crippen LogP contribution is -2.16. The van der Waals surface area contributed by atoms with Crippen molar-refractivity contribution >= 4 is 25.6 Å². The van der Waals surface area contributed by atoms with Crippen LogP contribution in [0.25, 0.3) is 0 Å². The summed E-state index contributed by atoms with van der Waals surface area (Å²) in [6.07, 6.45) is 4.22. The van der Waals surface area contributed by atoms with Crippen molar-refractivity contribution in [3.05, 3.63) is 42.5 Å². The summed E-state index contributed by atoms with van der Waals surface area (Å²) in [6.45, 7) is 8.23. The molecule has 4 nitrogen and oxygen atoms in total. The van der Waals surface area contributed by atoms with Gasteiger partial charge in [-0.3, -0.25) is 0 Å². The van der Waals surface area contributed by atoms with E-state index in [0.29, 0.717) is 23.3 Å². The van der Waals surface area contributed by atoms with E-state index in [0.717, 1.165) is 25.7 Å². The maximum Gasteiger partial charge on any atom is 0.334 e. The van der Waals surface area contributed by atoms with Gasteiger partial charge in [0.05, 0.1) is 11.5 Å². The largest absolute Gasteiger partial charge is 0.462 e. The van der Waals surface area contributed by atoms with Gasteiger partial charge in [-0.05, 0) is 35.3 Å². The van der Waals surface area contributed by atoms with Crippen molar-refractivity contribution in [2.24, 2.45) is 5.92 Å². The highest BCUT2D eigenvalue weighted by Crippen LogP contribution is 2.25. The van der Waals surface area contributed by atoms with Crippen molar-refractivity contribution in [3.8, 4) is 0 Å². The van der Waals surface area contributed by atoms with Crippen LogP contribution in [0.2, 0.25) is 0 Å². The second-order valence-corrected chi connectivity index (χ2v) is 9.58. The Morgan fingerprint density at radius 2 is 1.92 bits per heavy atom. The van der Waals surface area contributed by atoms with E-state index >= 15 is 0 Å². The Morgan fingerprint density at radius 3 is 2.50 bits per heavy atom. The first-order chi connectivity index (χ1) is 11.4. The minimum absolute atomic E-state index is 0.00180. The normalized spacial score (nSPS) is 12.6. The zero-order valence-electron chi connectivity index (χ0n) is 14.4. The van der Waals surface area contributed by atoms with Crippen LogP contribution in [0.3, 0.4) is 0 Å². The first-order valence-electron chi connectivity index (χ1n) is 8.20. The summed E-state index contributed by atoms with van der Waals surface area (Å²) in [5, 5.41) is 0. The number of rotatable bonds is 11. The highest BCUT2D eigenvalue weighted by Gasteiger charge is 2.19. The van der Waals surface area contributed by atoms with Crippen LogP contribution >= 0.6 is 10.8 Å². The standard InChI is InChI=1S/C18H26O4S2/c1-4-6-10-16(5-2)13-22-18(19)15(3)14-23-24(20,21)17-11-8-7-9-12-17/h7-9,11-12,16H,3-6,10,13-14H2,1-2H3. The average Bonchev–Trinajstić information content (AvgIpc) is 2.60. The van der Waals surface area contributed by atoms with Crippen molar-refractivity contribution in [1.29, 1.82) is 0 Å². The van der Waals surface area contributed by atoms with Crippen LogP contribution in [-0.4, -0.2) is 26.7 Å². The molecule has 0 aliphatic carbocycles. The Morgan fingerprint density at radius 1 is 1.25 bits per heavy atom. The Kier molecular flexibility index (Phi) is 9.14. The van der Waals surface area contributed by atoms with Crippen LogP contribution in [0.1, 0.15) is 39.5 Å². The summed E-state index contributed by atoms with van der Waals surface area (Å²) in [5.41, 5.74) is 0.171. The van der Waals surface area contributed by atoms with Gasteiger partial charge in [0, 0.05) is 11.3 Å². The van der Waals surface area contributed by atoms with Gasteiger partial charge in [0.15, 0.2) is 0 Å². The van der Waals surface area contributed by atoms with E-state index in [1.807, 2.05) is 0 Å². The molecule has 0 aromatic heterocycles. The minimum Gasteiger partial charge on any atom is -0.462 e. The molecule has 0 bridgehead atoms. The van der Waals surface area contributed by atoms with E-state index in [1.165, 1.54) is 12.1 Å². The van der Waals surface area contributed by atoms with Gasteiger partial charge in [-0.15, -0.1) is 0 Å². The van der Waals surface area contributed by atoms with Gasteiger partial charge in [-0.1, -0.05) is 57.9 Å². The lowest BCUT2D eigenvalue weighted by molar-refractivity contribution is -0.140. The number of hydrogen-bond donors (Lipinski definition) is 0. The van der Waals surface area contributed by atoms with Gasteiger partial charge in [-0.25, -0.2) is 13.2 Å². The molecule has 1 aromatic carbocycles. The first kappa shape index (κ1) is 20.8. The number of ether oxygens (including phenoxy) is 1. The van der Waals surface area contributed by atoms with Crippen LogP contribution in [0.15, 0.2) is 47.4 Å². The number of hydrogen-bond acceptors (Lipinski definition) is 5. The molecule has 0 aliphatic heterocycles. The zero-order chi connectivity index (χ0) is 18.0. The molecule has 0 fully saturated rings. The minimum atomic E-state index is -3.49. The molecular weight excluding hydrogens is 344 g/mol. The molecule has 6 heteroatoms. The van der Waals surface area contributed by atoms with Crippen LogP contribution in [0.4, 0.5) is 0 Å². The van der Waals surface area contributed by atoms with Crippen molar-refractivity contribution in [3.63, 3.8) is 0 Å². The molecule has 0 aliphatic rings. The van der Waals surface area contributed by atoms with Gasteiger partial charge >= 0.3 is 5.97 Å². The lowest BCUT2D eigenvalue weighted by Gasteiger charge is -2.15. The van der Waals surface area contributed by atoms with Gasteiger partial charge in [0.1, 0.15) is 0 Å². The second-order valence-electron chi connectivity index (χ2n) is 5.65. The molecule has 0 saturated heterocycles. The van der Waals surface area contributed by atoms with E-state index in [4.69, 9.17) is 4.74 Å². The molecule has 0 spiro atoms. The van der Waals surface area contributed by atoms with Crippen LogP contribution < -0.4 is 0 Å². The molecule has 1 aromatic rings. The quantitative estimate of drug-likeness (QED) is 0.328. The van der Waals surface area contributed by atoms with E-state index in [-0.39, 0.29) is 16.2 Å². The molecular formula is C18H26O4S2. The third-order valence-corrected chi connectivity index (χ3v) is 7.19. The summed E-state index contributed by atoms with van der Waals surface area (Å²) in [6, 6.07) is 8.14. The summed E-state index contributed by atoms with van der Waals surface area (Å²) in [5.74, 6) is -0.162. The molecule has 0 N–H and O–H groups in total. The molecule has 24 heavy (non-hydrogen) atoms. The second kappa shape index (κ2) is 10.6. The number of carbonyl (C=O) groups is 1. The fourth-order valence-corrected chi connectivity index (χ4v) is 4.73. The smallest absolute Gasteiger partial charge is 0.334 e. The predicted octanol–water partition coefficient (Wildman–Crippen LogP) is 4.42. The van der Waals surface area contributed by atoms with E-state index in [2.05, 4.69) is 20.4 Å². The number of esters is 1. The van der Waals surface area contributed by atoms with Crippen molar-refractivity contribution in [2.45, 2.75) is 44.4 Å². The van der Waals surface area contributed by atoms with E-state index in [1.54, 1.807) is 18.2 Å². The van der Waals surface area contributed by atoms with E-state index < -0.39 is 14.8 Å². The van der Waals surface area contributed by atoms with Gasteiger partial charge < -0.3 is 4.74 Å². The summed E-state index contributed by atoms with van der Waals surface area (Å²) < 4.78 is 29.6. The average molecular weight is 371 g/mol. The Balaban J connectivity index is 2.46. The maximum atomic E-state index is 12.2. The van der Waals surface area contributed by atoms with Gasteiger partial charge in [0.25, 0.3) is 0 Å². The summed E-state index contributed by atoms with van der Waals surface area (Å²) in [4.78, 5) is 12.2. The molecule has 0 radical (unpaired) electrons. The zero-order valence-corrected chi connectivity index (χ0v) is 16.0. The van der Waals surface area contributed by atoms with Gasteiger partial charge in [0.2, 0.25) is 8.87 Å². The molecule has 134 valence electrons. The maximum absolute atomic E-state index is 12.2. The lowest BCUT2D eigenvalue weighted by atomic mass is 10.0. The predicted molar refractivity (Wildman–Crippen MR) is 99.5 cm³/mol. The molecule has 1 atom stereocenters. The summed E-state index contributed by atoms with van der Waals surface area (Å²) in [7, 11) is -2.79. The topological polar surface area (TPSA) is 60.4 Å². The third kappa shape index (κ3) is 7.09. The molecule has 0 saturated carbocycles. The Labute approximate surface area is 149 Å². The Bertz CT molecular complexity index is 624. The third-order valence-electron chi connectivity index (χ3n) is 3.70. The fourth-order valence-electron chi connectivity index (χ4n) is 2.06. The SMILES string of the molecule is C=C(CSS(=O)(=O)c1ccccc1)C(=O)OCC(CC)CCCC. The number of carbonyl (C=O) groups excluding carboxylic acids is 1. The molecule has 0 heterocycles. The van der Waals surface area contributed by atoms with Crippen molar-refractivity contribution in [2.75, 3.05) is 12.4 Å². The van der Waals surface area contributed by atoms with Crippen molar-refractivity contribution in [1.82, 2.24) is 0 Å². The van der Waals surface area contributed by atoms with Crippen LogP contribution in [-0.2, 0) is 18.4 Å². The fraction of sp³-hybridized carbons (Fsp3) is 0.500. The van der Waals surface area contributed by atoms with Crippen LogP contribution in [0.5, 0.6) is 0 Å². The van der Waals surface area contributed by atoms with Gasteiger partial charge in [-0.2, -0.15) is 0 Å². The highest BCUT2D eigenvalue weighted by atomic mass is 33.1. The molecule has 1 unspecified atom stereocenters. The monoisotopic (exact) mass is 370 g/mol. The molecule has 0 amide bonds. The number of unbranched alkanes of at least 4 members (excludes halogenated alkanes) is 1. The van der Waals surface area contributed by atoms with E-state index in [9.17, 15) is 13.2 Å². The van der Waals surface area contributed by atoms with Crippen LogP contribution in [0, 0.1) is 5.92 Å². The highest BCUT2D eigenvalue weighted by molar-refractivity contribution is 8.72. The van der Waals surface area contributed by atoms with Crippen molar-refractivity contribution < 1.29 is 17.9 Å². The molecule has 1 rings (SSSR count). The number of benzene rings is 1. The first-order valence-corrected chi connectivity index (χ1v) is 11.2. The summed E-state index contributed by atoms with van der Waals surface area (Å²) >= 11 is 0.